The Hall–Kier alpha value is -2.84. The zero-order valence-corrected chi connectivity index (χ0v) is 23.8. The minimum atomic E-state index is -0.876. The minimum absolute atomic E-state index is 0.0546. The van der Waals surface area contributed by atoms with E-state index in [9.17, 15) is 23.5 Å². The average Bonchev–Trinajstić information content (AvgIpc) is 3.30. The lowest BCUT2D eigenvalue weighted by molar-refractivity contribution is -0.147. The molecule has 2 aromatic rings. The number of carbonyl (C=O) groups is 2. The molecule has 39 heavy (non-hydrogen) atoms. The molecule has 2 fully saturated rings. The summed E-state index contributed by atoms with van der Waals surface area (Å²) in [5.74, 6) is -3.28. The molecule has 2 saturated heterocycles. The van der Waals surface area contributed by atoms with Gasteiger partial charge in [0.15, 0.2) is 0 Å². The highest BCUT2D eigenvalue weighted by Crippen LogP contribution is 2.39. The van der Waals surface area contributed by atoms with E-state index in [0.717, 1.165) is 17.2 Å². The highest BCUT2D eigenvalue weighted by Gasteiger charge is 2.46. The number of nitrogens with zero attached hydrogens (tertiary/aromatic N) is 3. The summed E-state index contributed by atoms with van der Waals surface area (Å²) in [7, 11) is 0. The second-order valence-corrected chi connectivity index (χ2v) is 12.3. The van der Waals surface area contributed by atoms with Crippen molar-refractivity contribution < 1.29 is 23.5 Å². The van der Waals surface area contributed by atoms with Crippen LogP contribution in [-0.4, -0.2) is 82.0 Å². The van der Waals surface area contributed by atoms with Gasteiger partial charge < -0.3 is 10.0 Å². The number of amides is 1. The molecular formula is C31H41F2N3O3. The number of benzene rings is 2. The summed E-state index contributed by atoms with van der Waals surface area (Å²) in [6.07, 6.45) is 0. The van der Waals surface area contributed by atoms with Crippen LogP contribution in [0, 0.1) is 24.5 Å². The molecule has 212 valence electrons. The van der Waals surface area contributed by atoms with Crippen molar-refractivity contribution >= 4 is 11.9 Å². The van der Waals surface area contributed by atoms with E-state index < -0.39 is 35.5 Å². The number of carboxylic acids is 1. The van der Waals surface area contributed by atoms with Crippen LogP contribution in [0.3, 0.4) is 0 Å². The summed E-state index contributed by atoms with van der Waals surface area (Å²) in [6.45, 7) is 14.4. The van der Waals surface area contributed by atoms with Gasteiger partial charge in [-0.15, -0.1) is 0 Å². The highest BCUT2D eigenvalue weighted by atomic mass is 19.1. The first-order valence-electron chi connectivity index (χ1n) is 13.8. The predicted octanol–water partition coefficient (Wildman–Crippen LogP) is 4.88. The summed E-state index contributed by atoms with van der Waals surface area (Å²) in [5, 5.41) is 10.2. The Morgan fingerprint density at radius 3 is 2.23 bits per heavy atom. The van der Waals surface area contributed by atoms with Gasteiger partial charge in [-0.1, -0.05) is 42.8 Å². The maximum absolute atomic E-state index is 14.9. The number of hydrogen-bond donors (Lipinski definition) is 1. The molecule has 4 rings (SSSR count). The maximum atomic E-state index is 14.9. The summed E-state index contributed by atoms with van der Waals surface area (Å²) in [4.78, 5) is 32.4. The fourth-order valence-corrected chi connectivity index (χ4v) is 6.24. The Bertz CT molecular complexity index is 1200. The summed E-state index contributed by atoms with van der Waals surface area (Å²) >= 11 is 0. The highest BCUT2D eigenvalue weighted by molar-refractivity contribution is 5.81. The van der Waals surface area contributed by atoms with Gasteiger partial charge in [-0.3, -0.25) is 19.4 Å². The Morgan fingerprint density at radius 2 is 1.67 bits per heavy atom. The molecule has 2 aliphatic rings. The molecular weight excluding hydrogens is 500 g/mol. The number of carbonyl (C=O) groups excluding carboxylic acids is 1. The number of halogens is 2. The van der Waals surface area contributed by atoms with Crippen molar-refractivity contribution in [2.45, 2.75) is 71.0 Å². The van der Waals surface area contributed by atoms with Gasteiger partial charge in [0.1, 0.15) is 17.7 Å². The Kier molecular flexibility index (Phi) is 8.47. The van der Waals surface area contributed by atoms with Gasteiger partial charge in [0, 0.05) is 62.2 Å². The molecule has 0 radical (unpaired) electrons. The van der Waals surface area contributed by atoms with E-state index in [2.05, 4.69) is 25.7 Å². The predicted molar refractivity (Wildman–Crippen MR) is 148 cm³/mol. The van der Waals surface area contributed by atoms with Crippen LogP contribution in [0.4, 0.5) is 8.78 Å². The Balaban J connectivity index is 1.53. The van der Waals surface area contributed by atoms with Crippen molar-refractivity contribution in [3.63, 3.8) is 0 Å². The van der Waals surface area contributed by atoms with Gasteiger partial charge in [0.25, 0.3) is 0 Å². The third kappa shape index (κ3) is 6.17. The number of carboxylic acid groups (broad SMARTS) is 1. The normalized spacial score (nSPS) is 24.5. The molecule has 8 heteroatoms. The molecule has 2 heterocycles. The fraction of sp³-hybridized carbons (Fsp3) is 0.548. The molecule has 0 saturated carbocycles. The Labute approximate surface area is 230 Å². The SMILES string of the molecule is Cc1ccc([C@H](C)[C@@H](C(=O)O)N2CCN(C(=O)[C@@H]3CN(C(C)(C)C)C[C@H]3c3ccc(F)cc3F)[C@@H](C)C2)cc1. The third-order valence-corrected chi connectivity index (χ3v) is 8.61. The number of aryl methyl sites for hydroxylation is 1. The van der Waals surface area contributed by atoms with Crippen LogP contribution in [0.2, 0.25) is 0 Å². The first-order valence-corrected chi connectivity index (χ1v) is 13.8. The first-order chi connectivity index (χ1) is 18.3. The van der Waals surface area contributed by atoms with Crippen LogP contribution < -0.4 is 0 Å². The number of aliphatic carboxylic acids is 1. The van der Waals surface area contributed by atoms with Gasteiger partial charge in [0.05, 0.1) is 5.92 Å². The van der Waals surface area contributed by atoms with Crippen LogP contribution in [0.1, 0.15) is 63.1 Å². The molecule has 0 aliphatic carbocycles. The molecule has 2 aromatic carbocycles. The first kappa shape index (κ1) is 29.2. The average molecular weight is 542 g/mol. The fourth-order valence-electron chi connectivity index (χ4n) is 6.24. The minimum Gasteiger partial charge on any atom is -0.480 e. The molecule has 0 bridgehead atoms. The second-order valence-electron chi connectivity index (χ2n) is 12.3. The zero-order chi connectivity index (χ0) is 28.6. The van der Waals surface area contributed by atoms with E-state index in [1.54, 1.807) is 0 Å². The van der Waals surface area contributed by atoms with Gasteiger partial charge in [-0.05, 0) is 51.8 Å². The van der Waals surface area contributed by atoms with E-state index in [1.165, 1.54) is 12.1 Å². The molecule has 5 atom stereocenters. The number of hydrogen-bond acceptors (Lipinski definition) is 4. The summed E-state index contributed by atoms with van der Waals surface area (Å²) in [6, 6.07) is 10.6. The number of likely N-dealkylation sites (tertiary alicyclic amines) is 1. The lowest BCUT2D eigenvalue weighted by Crippen LogP contribution is -2.60. The molecule has 0 unspecified atom stereocenters. The number of piperazine rings is 1. The lowest BCUT2D eigenvalue weighted by Gasteiger charge is -2.44. The van der Waals surface area contributed by atoms with E-state index >= 15 is 0 Å². The van der Waals surface area contributed by atoms with E-state index in [0.29, 0.717) is 38.3 Å². The standard InChI is InChI=1S/C31H41F2N3O3/c1-19-7-9-22(10-8-19)21(3)28(30(38)39)34-13-14-36(20(2)16-34)29(37)26-18-35(31(4,5)6)17-25(26)24-12-11-23(32)15-27(24)33/h7-12,15,20-21,25-26,28H,13-14,16-18H2,1-6H3,(H,38,39)/t20-,21-,25-,26+,28-/m0/s1. The van der Waals surface area contributed by atoms with Crippen molar-refractivity contribution in [2.24, 2.45) is 5.92 Å². The van der Waals surface area contributed by atoms with Crippen molar-refractivity contribution in [2.75, 3.05) is 32.7 Å². The third-order valence-electron chi connectivity index (χ3n) is 8.61. The van der Waals surface area contributed by atoms with Crippen LogP contribution in [0.5, 0.6) is 0 Å². The molecule has 0 aromatic heterocycles. The van der Waals surface area contributed by atoms with Crippen molar-refractivity contribution in [3.05, 3.63) is 70.8 Å². The summed E-state index contributed by atoms with van der Waals surface area (Å²) in [5.41, 5.74) is 2.24. The molecule has 0 spiro atoms. The quantitative estimate of drug-likeness (QED) is 0.565. The lowest BCUT2D eigenvalue weighted by atomic mass is 9.86. The van der Waals surface area contributed by atoms with E-state index in [1.807, 2.05) is 54.8 Å². The topological polar surface area (TPSA) is 64.1 Å². The van der Waals surface area contributed by atoms with Crippen LogP contribution in [0.15, 0.2) is 42.5 Å². The van der Waals surface area contributed by atoms with Crippen LogP contribution in [0.25, 0.3) is 0 Å². The van der Waals surface area contributed by atoms with Crippen molar-refractivity contribution in [1.29, 1.82) is 0 Å². The molecule has 2 aliphatic heterocycles. The monoisotopic (exact) mass is 541 g/mol. The van der Waals surface area contributed by atoms with Gasteiger partial charge in [0.2, 0.25) is 5.91 Å². The van der Waals surface area contributed by atoms with Gasteiger partial charge >= 0.3 is 5.97 Å². The molecule has 1 N–H and O–H groups in total. The second kappa shape index (κ2) is 11.3. The smallest absolute Gasteiger partial charge is 0.321 e. The molecule has 1 amide bonds. The van der Waals surface area contributed by atoms with Gasteiger partial charge in [-0.2, -0.15) is 0 Å². The van der Waals surface area contributed by atoms with Crippen LogP contribution in [-0.2, 0) is 9.59 Å². The van der Waals surface area contributed by atoms with Crippen molar-refractivity contribution in [3.8, 4) is 0 Å². The van der Waals surface area contributed by atoms with Gasteiger partial charge in [-0.25, -0.2) is 8.78 Å². The zero-order valence-electron chi connectivity index (χ0n) is 23.8. The number of rotatable bonds is 6. The maximum Gasteiger partial charge on any atom is 0.321 e. The van der Waals surface area contributed by atoms with E-state index in [-0.39, 0.29) is 23.4 Å². The van der Waals surface area contributed by atoms with Crippen molar-refractivity contribution in [1.82, 2.24) is 14.7 Å². The summed E-state index contributed by atoms with van der Waals surface area (Å²) < 4.78 is 28.6. The molecule has 6 nitrogen and oxygen atoms in total. The van der Waals surface area contributed by atoms with Crippen LogP contribution >= 0.6 is 0 Å². The largest absolute Gasteiger partial charge is 0.480 e. The Morgan fingerprint density at radius 1 is 1.00 bits per heavy atom. The van der Waals surface area contributed by atoms with E-state index in [4.69, 9.17) is 0 Å².